The molecule has 4 nitrogen and oxygen atoms in total. The van der Waals surface area contributed by atoms with Gasteiger partial charge in [-0.05, 0) is 32.4 Å². The summed E-state index contributed by atoms with van der Waals surface area (Å²) >= 11 is 0. The minimum absolute atomic E-state index is 0.461. The molecule has 1 heterocycles. The molecule has 102 valence electrons. The molecule has 18 heavy (non-hydrogen) atoms. The van der Waals surface area contributed by atoms with Crippen LogP contribution in [0.5, 0.6) is 0 Å². The number of rotatable bonds is 8. The van der Waals surface area contributed by atoms with Gasteiger partial charge < -0.3 is 14.7 Å². The van der Waals surface area contributed by atoms with E-state index in [-0.39, 0.29) is 0 Å². The second-order valence-electron chi connectivity index (χ2n) is 4.14. The van der Waals surface area contributed by atoms with Crippen molar-refractivity contribution in [1.29, 1.82) is 0 Å². The predicted octanol–water partition coefficient (Wildman–Crippen LogP) is 2.39. The van der Waals surface area contributed by atoms with Crippen molar-refractivity contribution < 1.29 is 9.84 Å². The Balaban J connectivity index is 2.63. The molecule has 0 aliphatic rings. The van der Waals surface area contributed by atoms with Crippen molar-refractivity contribution in [1.82, 2.24) is 4.98 Å². The SMILES string of the molecule is CCOCCN(CC)c1ccc([C@@H](O)CC)nc1. The number of anilines is 1. The average Bonchev–Trinajstić information content (AvgIpc) is 2.43. The third kappa shape index (κ3) is 4.27. The summed E-state index contributed by atoms with van der Waals surface area (Å²) in [6.07, 6.45) is 2.05. The second kappa shape index (κ2) is 8.06. The number of aromatic nitrogens is 1. The molecule has 0 bridgehead atoms. The van der Waals surface area contributed by atoms with Crippen LogP contribution in [0.2, 0.25) is 0 Å². The minimum atomic E-state index is -0.461. The molecule has 0 radical (unpaired) electrons. The average molecular weight is 252 g/mol. The summed E-state index contributed by atoms with van der Waals surface area (Å²) in [5.74, 6) is 0. The Bertz CT molecular complexity index is 327. The van der Waals surface area contributed by atoms with Gasteiger partial charge >= 0.3 is 0 Å². The number of pyridine rings is 1. The zero-order valence-electron chi connectivity index (χ0n) is 11.6. The summed E-state index contributed by atoms with van der Waals surface area (Å²) < 4.78 is 5.36. The molecule has 0 spiro atoms. The molecular weight excluding hydrogens is 228 g/mol. The van der Waals surface area contributed by atoms with Gasteiger partial charge in [0, 0.05) is 19.7 Å². The monoisotopic (exact) mass is 252 g/mol. The van der Waals surface area contributed by atoms with Crippen LogP contribution in [-0.4, -0.2) is 36.4 Å². The number of aliphatic hydroxyl groups excluding tert-OH is 1. The van der Waals surface area contributed by atoms with Gasteiger partial charge in [0.25, 0.3) is 0 Å². The number of ether oxygens (including phenoxy) is 1. The summed E-state index contributed by atoms with van der Waals surface area (Å²) in [7, 11) is 0. The second-order valence-corrected chi connectivity index (χ2v) is 4.14. The summed E-state index contributed by atoms with van der Waals surface area (Å²) in [6.45, 7) is 9.31. The van der Waals surface area contributed by atoms with Crippen molar-refractivity contribution in [3.8, 4) is 0 Å². The molecule has 0 saturated carbocycles. The van der Waals surface area contributed by atoms with Crippen LogP contribution >= 0.6 is 0 Å². The van der Waals surface area contributed by atoms with Gasteiger partial charge in [0.2, 0.25) is 0 Å². The summed E-state index contributed by atoms with van der Waals surface area (Å²) in [6, 6.07) is 3.91. The van der Waals surface area contributed by atoms with Gasteiger partial charge in [-0.15, -0.1) is 0 Å². The van der Waals surface area contributed by atoms with E-state index in [0.29, 0.717) is 6.42 Å². The maximum atomic E-state index is 9.69. The fourth-order valence-electron chi connectivity index (χ4n) is 1.78. The third-order valence-corrected chi connectivity index (χ3v) is 2.96. The molecule has 0 aliphatic carbocycles. The van der Waals surface area contributed by atoms with E-state index < -0.39 is 6.10 Å². The highest BCUT2D eigenvalue weighted by Gasteiger charge is 2.08. The van der Waals surface area contributed by atoms with E-state index in [1.807, 2.05) is 32.2 Å². The van der Waals surface area contributed by atoms with E-state index in [1.165, 1.54) is 0 Å². The highest BCUT2D eigenvalue weighted by molar-refractivity contribution is 5.44. The first kappa shape index (κ1) is 14.9. The van der Waals surface area contributed by atoms with Gasteiger partial charge in [-0.3, -0.25) is 4.98 Å². The molecule has 0 aromatic carbocycles. The first-order chi connectivity index (χ1) is 8.72. The third-order valence-electron chi connectivity index (χ3n) is 2.96. The van der Waals surface area contributed by atoms with Crippen LogP contribution in [0.3, 0.4) is 0 Å². The van der Waals surface area contributed by atoms with Crippen LogP contribution in [0.25, 0.3) is 0 Å². The van der Waals surface area contributed by atoms with Gasteiger partial charge in [0.1, 0.15) is 0 Å². The molecule has 1 aromatic rings. The van der Waals surface area contributed by atoms with E-state index in [2.05, 4.69) is 16.8 Å². The van der Waals surface area contributed by atoms with E-state index >= 15 is 0 Å². The minimum Gasteiger partial charge on any atom is -0.387 e. The maximum Gasteiger partial charge on any atom is 0.0957 e. The molecular formula is C14H24N2O2. The molecule has 0 fully saturated rings. The van der Waals surface area contributed by atoms with Crippen LogP contribution in [-0.2, 0) is 4.74 Å². The molecule has 1 rings (SSSR count). The van der Waals surface area contributed by atoms with Crippen molar-refractivity contribution in [2.45, 2.75) is 33.3 Å². The Morgan fingerprint density at radius 1 is 1.33 bits per heavy atom. The number of nitrogens with zero attached hydrogens (tertiary/aromatic N) is 2. The van der Waals surface area contributed by atoms with Crippen LogP contribution in [0.1, 0.15) is 39.0 Å². The van der Waals surface area contributed by atoms with Crippen molar-refractivity contribution in [2.75, 3.05) is 31.2 Å². The first-order valence-corrected chi connectivity index (χ1v) is 6.69. The van der Waals surface area contributed by atoms with Gasteiger partial charge in [-0.1, -0.05) is 6.92 Å². The number of hydrogen-bond donors (Lipinski definition) is 1. The smallest absolute Gasteiger partial charge is 0.0957 e. The lowest BCUT2D eigenvalue weighted by Gasteiger charge is -2.23. The normalized spacial score (nSPS) is 12.4. The lowest BCUT2D eigenvalue weighted by molar-refractivity contribution is 0.154. The molecule has 0 aliphatic heterocycles. The van der Waals surface area contributed by atoms with Crippen molar-refractivity contribution >= 4 is 5.69 Å². The van der Waals surface area contributed by atoms with E-state index in [9.17, 15) is 5.11 Å². The van der Waals surface area contributed by atoms with Crippen LogP contribution < -0.4 is 4.90 Å². The van der Waals surface area contributed by atoms with Crippen LogP contribution in [0, 0.1) is 0 Å². The predicted molar refractivity (Wildman–Crippen MR) is 73.9 cm³/mol. The lowest BCUT2D eigenvalue weighted by atomic mass is 10.2. The van der Waals surface area contributed by atoms with E-state index in [1.54, 1.807) is 0 Å². The van der Waals surface area contributed by atoms with Crippen molar-refractivity contribution in [2.24, 2.45) is 0 Å². The number of aliphatic hydroxyl groups is 1. The van der Waals surface area contributed by atoms with Crippen LogP contribution in [0.4, 0.5) is 5.69 Å². The molecule has 4 heteroatoms. The van der Waals surface area contributed by atoms with Gasteiger partial charge in [-0.2, -0.15) is 0 Å². The standard InChI is InChI=1S/C14H24N2O2/c1-4-14(17)13-8-7-12(11-15-13)16(5-2)9-10-18-6-3/h7-8,11,14,17H,4-6,9-10H2,1-3H3/t14-/m0/s1. The largest absolute Gasteiger partial charge is 0.387 e. The summed E-state index contributed by atoms with van der Waals surface area (Å²) in [4.78, 5) is 6.53. The molecule has 0 unspecified atom stereocenters. The van der Waals surface area contributed by atoms with Gasteiger partial charge in [0.15, 0.2) is 0 Å². The van der Waals surface area contributed by atoms with E-state index in [4.69, 9.17) is 4.74 Å². The van der Waals surface area contributed by atoms with Gasteiger partial charge in [0.05, 0.1) is 30.3 Å². The fourth-order valence-corrected chi connectivity index (χ4v) is 1.78. The zero-order valence-corrected chi connectivity index (χ0v) is 11.6. The van der Waals surface area contributed by atoms with Gasteiger partial charge in [-0.25, -0.2) is 0 Å². The van der Waals surface area contributed by atoms with Crippen LogP contribution in [0.15, 0.2) is 18.3 Å². The maximum absolute atomic E-state index is 9.69. The Kier molecular flexibility index (Phi) is 6.68. The molecule has 0 saturated heterocycles. The molecule has 0 amide bonds. The Labute approximate surface area is 110 Å². The highest BCUT2D eigenvalue weighted by Crippen LogP contribution is 2.18. The van der Waals surface area contributed by atoms with Crippen molar-refractivity contribution in [3.05, 3.63) is 24.0 Å². The van der Waals surface area contributed by atoms with Crippen molar-refractivity contribution in [3.63, 3.8) is 0 Å². The first-order valence-electron chi connectivity index (χ1n) is 6.69. The lowest BCUT2D eigenvalue weighted by Crippen LogP contribution is -2.27. The molecule has 1 aromatic heterocycles. The quantitative estimate of drug-likeness (QED) is 0.722. The Morgan fingerprint density at radius 3 is 2.61 bits per heavy atom. The Hall–Kier alpha value is -1.13. The highest BCUT2D eigenvalue weighted by atomic mass is 16.5. The molecule has 1 atom stereocenters. The summed E-state index contributed by atoms with van der Waals surface area (Å²) in [5.41, 5.74) is 1.81. The number of hydrogen-bond acceptors (Lipinski definition) is 4. The molecule has 1 N–H and O–H groups in total. The van der Waals surface area contributed by atoms with E-state index in [0.717, 1.165) is 37.7 Å². The fraction of sp³-hybridized carbons (Fsp3) is 0.643. The summed E-state index contributed by atoms with van der Waals surface area (Å²) in [5, 5.41) is 9.69. The number of likely N-dealkylation sites (N-methyl/N-ethyl adjacent to an activating group) is 1. The zero-order chi connectivity index (χ0) is 13.4. The topological polar surface area (TPSA) is 45.6 Å². The Morgan fingerprint density at radius 2 is 2.11 bits per heavy atom.